The van der Waals surface area contributed by atoms with Crippen molar-refractivity contribution in [3.63, 3.8) is 0 Å². The minimum absolute atomic E-state index is 0. The molecule has 2 amide bonds. The van der Waals surface area contributed by atoms with Crippen LogP contribution in [0.5, 0.6) is 5.75 Å². The first-order valence-electron chi connectivity index (χ1n) is 15.5. The molecule has 0 aliphatic rings. The smallest absolute Gasteiger partial charge is 0.323 e. The highest BCUT2D eigenvalue weighted by atomic mass is 35.5. The Bertz CT molecular complexity index is 1640. The highest BCUT2D eigenvalue weighted by Crippen LogP contribution is 2.36. The lowest BCUT2D eigenvalue weighted by atomic mass is 9.90. The lowest BCUT2D eigenvalue weighted by molar-refractivity contribution is 0.233. The second-order valence-electron chi connectivity index (χ2n) is 11.6. The van der Waals surface area contributed by atoms with Gasteiger partial charge in [-0.2, -0.15) is 0 Å². The van der Waals surface area contributed by atoms with Crippen LogP contribution < -0.4 is 26.7 Å². The van der Waals surface area contributed by atoms with E-state index in [1.165, 1.54) is 0 Å². The molecule has 0 unspecified atom stereocenters. The van der Waals surface area contributed by atoms with Gasteiger partial charge in [-0.1, -0.05) is 65.3 Å². The fourth-order valence-corrected chi connectivity index (χ4v) is 5.40. The molecular formula is C35H46ClN5O4. The van der Waals surface area contributed by atoms with Crippen molar-refractivity contribution in [3.8, 4) is 16.9 Å². The number of anilines is 2. The molecule has 0 aliphatic carbocycles. The zero-order valence-electron chi connectivity index (χ0n) is 26.9. The molecule has 2 heterocycles. The first-order chi connectivity index (χ1) is 21.2. The van der Waals surface area contributed by atoms with Crippen LogP contribution in [0, 0.1) is 0 Å². The van der Waals surface area contributed by atoms with Gasteiger partial charge in [0.2, 0.25) is 0 Å². The lowest BCUT2D eigenvalue weighted by Crippen LogP contribution is -2.30. The number of pyridine rings is 2. The predicted molar refractivity (Wildman–Crippen MR) is 186 cm³/mol. The van der Waals surface area contributed by atoms with Crippen LogP contribution >= 0.6 is 12.4 Å². The van der Waals surface area contributed by atoms with Crippen molar-refractivity contribution in [1.29, 1.82) is 0 Å². The van der Waals surface area contributed by atoms with Crippen LogP contribution in [0.1, 0.15) is 82.4 Å². The van der Waals surface area contributed by atoms with E-state index in [-0.39, 0.29) is 42.1 Å². The molecule has 0 aliphatic heterocycles. The Labute approximate surface area is 271 Å². The van der Waals surface area contributed by atoms with Crippen LogP contribution in [0.3, 0.4) is 0 Å². The number of aryl methyl sites for hydroxylation is 1. The molecule has 0 atom stereocenters. The number of benzene rings is 2. The number of rotatable bonds is 13. The summed E-state index contributed by atoms with van der Waals surface area (Å²) in [6.07, 6.45) is 3.86. The normalized spacial score (nSPS) is 11.1. The highest BCUT2D eigenvalue weighted by Gasteiger charge is 2.23. The van der Waals surface area contributed by atoms with Crippen molar-refractivity contribution in [1.82, 2.24) is 9.55 Å². The molecule has 10 heteroatoms. The Morgan fingerprint density at radius 2 is 1.69 bits per heavy atom. The third-order valence-corrected chi connectivity index (χ3v) is 7.67. The van der Waals surface area contributed by atoms with Gasteiger partial charge in [0.05, 0.1) is 6.61 Å². The van der Waals surface area contributed by atoms with E-state index in [1.54, 1.807) is 10.8 Å². The monoisotopic (exact) mass is 635 g/mol. The van der Waals surface area contributed by atoms with Crippen LogP contribution in [0.2, 0.25) is 0 Å². The van der Waals surface area contributed by atoms with Crippen molar-refractivity contribution in [2.24, 2.45) is 5.73 Å². The molecule has 2 aromatic carbocycles. The van der Waals surface area contributed by atoms with E-state index >= 15 is 0 Å². The molecule has 9 nitrogen and oxygen atoms in total. The molecule has 45 heavy (non-hydrogen) atoms. The van der Waals surface area contributed by atoms with Gasteiger partial charge in [0.1, 0.15) is 17.1 Å². The molecule has 5 N–H and O–H groups in total. The Balaban J connectivity index is 0.00000552. The van der Waals surface area contributed by atoms with E-state index in [0.717, 1.165) is 40.6 Å². The number of unbranched alkanes of at least 4 members (excludes halogenated alkanes) is 1. The highest BCUT2D eigenvalue weighted by molar-refractivity contribution is 6.08. The summed E-state index contributed by atoms with van der Waals surface area (Å²) in [5.74, 6) is 0.870. The number of hydrogen-bond acceptors (Lipinski definition) is 6. The summed E-state index contributed by atoms with van der Waals surface area (Å²) in [6.45, 7) is 11.7. The van der Waals surface area contributed by atoms with Gasteiger partial charge in [-0.25, -0.2) is 9.78 Å². The summed E-state index contributed by atoms with van der Waals surface area (Å²) < 4.78 is 7.50. The topological polar surface area (TPSA) is 132 Å². The summed E-state index contributed by atoms with van der Waals surface area (Å²) in [6, 6.07) is 14.7. The number of carbonyl (C=O) groups excluding carboxylic acids is 1. The zero-order chi connectivity index (χ0) is 31.8. The van der Waals surface area contributed by atoms with Crippen molar-refractivity contribution < 1.29 is 14.6 Å². The van der Waals surface area contributed by atoms with Gasteiger partial charge in [-0.3, -0.25) is 9.36 Å². The fraction of sp³-hybridized carbons (Fsp3) is 0.400. The lowest BCUT2D eigenvalue weighted by Gasteiger charge is -2.23. The number of urea groups is 1. The van der Waals surface area contributed by atoms with Crippen LogP contribution in [0.25, 0.3) is 22.2 Å². The number of nitrogens with two attached hydrogens (primary N) is 1. The predicted octanol–water partition coefficient (Wildman–Crippen LogP) is 7.40. The standard InChI is InChI=1S/C35H45N5O4.ClH/c1-6-7-15-40-33-27(13-9-14-37-33)30(25-11-8-12-26(20-25)44-17-10-16-41)32(34(40)42)39-35(43)38-31-28(22(2)3)18-24(21-36)19-29(31)23(4)5;/h8-9,11-14,18-20,22-23,41H,6-7,10,15-17,21,36H2,1-5H3,(H2,38,39,43);1H. The van der Waals surface area contributed by atoms with Crippen molar-refractivity contribution in [2.45, 2.75) is 78.8 Å². The van der Waals surface area contributed by atoms with Gasteiger partial charge < -0.3 is 26.2 Å². The Hall–Kier alpha value is -3.92. The quantitative estimate of drug-likeness (QED) is 0.113. The maximum atomic E-state index is 14.2. The van der Waals surface area contributed by atoms with Crippen molar-refractivity contribution in [2.75, 3.05) is 23.8 Å². The molecule has 0 saturated carbocycles. The SMILES string of the molecule is CCCCn1c(=O)c(NC(=O)Nc2c(C(C)C)cc(CN)cc2C(C)C)c(-c2cccc(OCCCO)c2)c2cccnc21.Cl. The number of aromatic nitrogens is 2. The number of nitrogens with zero attached hydrogens (tertiary/aromatic N) is 2. The summed E-state index contributed by atoms with van der Waals surface area (Å²) in [5, 5.41) is 16.0. The second-order valence-corrected chi connectivity index (χ2v) is 11.6. The molecule has 0 bridgehead atoms. The maximum Gasteiger partial charge on any atom is 0.323 e. The zero-order valence-corrected chi connectivity index (χ0v) is 27.7. The Morgan fingerprint density at radius 1 is 1.00 bits per heavy atom. The number of nitrogens with one attached hydrogen (secondary N) is 2. The average molecular weight is 636 g/mol. The number of halogens is 1. The van der Waals surface area contributed by atoms with E-state index in [1.807, 2.05) is 48.5 Å². The molecular weight excluding hydrogens is 590 g/mol. The number of fused-ring (bicyclic) bond motifs is 1. The summed E-state index contributed by atoms with van der Waals surface area (Å²) in [7, 11) is 0. The number of amides is 2. The van der Waals surface area contributed by atoms with E-state index in [2.05, 4.69) is 50.2 Å². The number of aliphatic hydroxyl groups is 1. The van der Waals surface area contributed by atoms with E-state index in [0.29, 0.717) is 48.6 Å². The third-order valence-electron chi connectivity index (χ3n) is 7.67. The minimum atomic E-state index is -0.506. The van der Waals surface area contributed by atoms with Gasteiger partial charge in [-0.15, -0.1) is 12.4 Å². The molecule has 0 saturated heterocycles. The summed E-state index contributed by atoms with van der Waals surface area (Å²) >= 11 is 0. The molecule has 0 radical (unpaired) electrons. The van der Waals surface area contributed by atoms with E-state index in [4.69, 9.17) is 10.5 Å². The van der Waals surface area contributed by atoms with Crippen LogP contribution in [-0.4, -0.2) is 33.9 Å². The number of carbonyl (C=O) groups is 1. The molecule has 4 aromatic rings. The van der Waals surface area contributed by atoms with E-state index in [9.17, 15) is 14.7 Å². The van der Waals surface area contributed by atoms with Crippen LogP contribution in [0.15, 0.2) is 59.5 Å². The van der Waals surface area contributed by atoms with Gasteiger partial charge in [0.15, 0.2) is 0 Å². The first kappa shape index (κ1) is 35.6. The van der Waals surface area contributed by atoms with Gasteiger partial charge in [0, 0.05) is 49.0 Å². The van der Waals surface area contributed by atoms with Crippen LogP contribution in [0.4, 0.5) is 16.2 Å². The average Bonchev–Trinajstić information content (AvgIpc) is 3.01. The third kappa shape index (κ3) is 8.22. The molecule has 0 fully saturated rings. The number of ether oxygens (including phenoxy) is 1. The van der Waals surface area contributed by atoms with E-state index < -0.39 is 6.03 Å². The fourth-order valence-electron chi connectivity index (χ4n) is 5.40. The molecule has 2 aromatic heterocycles. The second kappa shape index (κ2) is 16.4. The Morgan fingerprint density at radius 3 is 2.31 bits per heavy atom. The van der Waals surface area contributed by atoms with Gasteiger partial charge in [-0.05, 0) is 64.8 Å². The maximum absolute atomic E-state index is 14.2. The molecule has 0 spiro atoms. The Kier molecular flexibility index (Phi) is 13.0. The van der Waals surface area contributed by atoms with Crippen LogP contribution in [-0.2, 0) is 13.1 Å². The van der Waals surface area contributed by atoms with Crippen molar-refractivity contribution >= 4 is 40.8 Å². The minimum Gasteiger partial charge on any atom is -0.493 e. The number of hydrogen-bond donors (Lipinski definition) is 4. The van der Waals surface area contributed by atoms with Gasteiger partial charge >= 0.3 is 6.03 Å². The largest absolute Gasteiger partial charge is 0.493 e. The number of aliphatic hydroxyl groups excluding tert-OH is 1. The first-order valence-corrected chi connectivity index (χ1v) is 15.5. The summed E-state index contributed by atoms with van der Waals surface area (Å²) in [4.78, 5) is 32.7. The van der Waals surface area contributed by atoms with Gasteiger partial charge in [0.25, 0.3) is 5.56 Å². The molecule has 4 rings (SSSR count). The summed E-state index contributed by atoms with van der Waals surface area (Å²) in [5.41, 5.74) is 11.4. The molecule has 242 valence electrons. The van der Waals surface area contributed by atoms with Crippen molar-refractivity contribution in [3.05, 3.63) is 81.8 Å².